The highest BCUT2D eigenvalue weighted by molar-refractivity contribution is 7.92. The van der Waals surface area contributed by atoms with Gasteiger partial charge < -0.3 is 5.11 Å². The topological polar surface area (TPSA) is 94.3 Å². The lowest BCUT2D eigenvalue weighted by Crippen LogP contribution is -2.50. The third kappa shape index (κ3) is 3.21. The zero-order valence-electron chi connectivity index (χ0n) is 13.4. The van der Waals surface area contributed by atoms with Crippen molar-refractivity contribution in [1.29, 1.82) is 5.26 Å². The maximum absolute atomic E-state index is 13.6. The SMILES string of the molecule is Cc1cccc(S(=O)(=O)N(c2ccc(F)c(C#N)n2)C2CC(O)C2)c1. The van der Waals surface area contributed by atoms with Crippen LogP contribution in [0.15, 0.2) is 41.3 Å². The summed E-state index contributed by atoms with van der Waals surface area (Å²) in [5.74, 6) is -0.843. The Morgan fingerprint density at radius 3 is 2.64 bits per heavy atom. The molecule has 0 saturated heterocycles. The summed E-state index contributed by atoms with van der Waals surface area (Å²) in [6.45, 7) is 1.78. The average molecular weight is 361 g/mol. The van der Waals surface area contributed by atoms with Crippen molar-refractivity contribution in [3.8, 4) is 6.07 Å². The van der Waals surface area contributed by atoms with Gasteiger partial charge in [-0.3, -0.25) is 0 Å². The molecular formula is C17H16FN3O3S. The smallest absolute Gasteiger partial charge is 0.265 e. The number of pyridine rings is 1. The molecule has 0 bridgehead atoms. The van der Waals surface area contributed by atoms with Crippen molar-refractivity contribution in [1.82, 2.24) is 4.98 Å². The molecule has 25 heavy (non-hydrogen) atoms. The molecule has 1 saturated carbocycles. The molecule has 1 aromatic carbocycles. The summed E-state index contributed by atoms with van der Waals surface area (Å²) in [5, 5.41) is 18.6. The fourth-order valence-corrected chi connectivity index (χ4v) is 4.50. The molecule has 8 heteroatoms. The Morgan fingerprint density at radius 1 is 1.32 bits per heavy atom. The van der Waals surface area contributed by atoms with Crippen LogP contribution >= 0.6 is 0 Å². The number of halogens is 1. The predicted molar refractivity (Wildman–Crippen MR) is 88.8 cm³/mol. The van der Waals surface area contributed by atoms with E-state index in [1.54, 1.807) is 25.1 Å². The highest BCUT2D eigenvalue weighted by atomic mass is 32.2. The minimum absolute atomic E-state index is 0.0312. The van der Waals surface area contributed by atoms with E-state index >= 15 is 0 Å². The lowest BCUT2D eigenvalue weighted by atomic mass is 9.89. The highest BCUT2D eigenvalue weighted by Gasteiger charge is 2.40. The molecule has 1 aromatic heterocycles. The molecule has 0 spiro atoms. The summed E-state index contributed by atoms with van der Waals surface area (Å²) in [7, 11) is -3.97. The number of hydrogen-bond acceptors (Lipinski definition) is 5. The number of sulfonamides is 1. The van der Waals surface area contributed by atoms with Gasteiger partial charge in [0.25, 0.3) is 10.0 Å². The first-order valence-corrected chi connectivity index (χ1v) is 9.12. The third-order valence-corrected chi connectivity index (χ3v) is 5.98. The maximum Gasteiger partial charge on any atom is 0.265 e. The van der Waals surface area contributed by atoms with Gasteiger partial charge in [-0.2, -0.15) is 5.26 Å². The molecule has 1 aliphatic rings. The van der Waals surface area contributed by atoms with Crippen molar-refractivity contribution in [2.75, 3.05) is 4.31 Å². The van der Waals surface area contributed by atoms with E-state index in [1.807, 2.05) is 0 Å². The van der Waals surface area contributed by atoms with Crippen LogP contribution in [0.2, 0.25) is 0 Å². The molecular weight excluding hydrogens is 345 g/mol. The molecule has 0 amide bonds. The van der Waals surface area contributed by atoms with Gasteiger partial charge in [0.2, 0.25) is 0 Å². The first kappa shape index (κ1) is 17.3. The fraction of sp³-hybridized carbons (Fsp3) is 0.294. The first-order valence-electron chi connectivity index (χ1n) is 7.68. The Labute approximate surface area is 145 Å². The number of rotatable bonds is 4. The van der Waals surface area contributed by atoms with Crippen molar-refractivity contribution in [2.45, 2.75) is 36.8 Å². The highest BCUT2D eigenvalue weighted by Crippen LogP contribution is 2.34. The third-order valence-electron chi connectivity index (χ3n) is 4.13. The molecule has 0 atom stereocenters. The molecule has 6 nitrogen and oxygen atoms in total. The Morgan fingerprint density at radius 2 is 2.04 bits per heavy atom. The van der Waals surface area contributed by atoms with E-state index in [9.17, 15) is 17.9 Å². The van der Waals surface area contributed by atoms with Crippen LogP contribution < -0.4 is 4.31 Å². The van der Waals surface area contributed by atoms with E-state index in [4.69, 9.17) is 5.26 Å². The molecule has 0 aliphatic heterocycles. The van der Waals surface area contributed by atoms with Gasteiger partial charge in [0.05, 0.1) is 17.0 Å². The summed E-state index contributed by atoms with van der Waals surface area (Å²) in [6.07, 6.45) is -0.0751. The number of benzene rings is 1. The van der Waals surface area contributed by atoms with Crippen molar-refractivity contribution in [2.24, 2.45) is 0 Å². The van der Waals surface area contributed by atoms with E-state index in [2.05, 4.69) is 4.98 Å². The van der Waals surface area contributed by atoms with Gasteiger partial charge in [0, 0.05) is 0 Å². The standard InChI is InChI=1S/C17H16FN3O3S/c1-11-3-2-4-14(7-11)25(23,24)21(12-8-13(22)9-12)17-6-5-15(18)16(10-19)20-17/h2-7,12-13,22H,8-9H2,1H3. The lowest BCUT2D eigenvalue weighted by Gasteiger charge is -2.40. The number of aliphatic hydroxyl groups is 1. The number of aryl methyl sites for hydroxylation is 1. The van der Waals surface area contributed by atoms with E-state index < -0.39 is 33.7 Å². The minimum Gasteiger partial charge on any atom is -0.393 e. The second-order valence-electron chi connectivity index (χ2n) is 6.01. The molecule has 1 N–H and O–H groups in total. The summed E-state index contributed by atoms with van der Waals surface area (Å²) in [5.41, 5.74) is 0.307. The van der Waals surface area contributed by atoms with Crippen molar-refractivity contribution in [3.05, 3.63) is 53.5 Å². The summed E-state index contributed by atoms with van der Waals surface area (Å²) >= 11 is 0. The van der Waals surface area contributed by atoms with Gasteiger partial charge in [-0.25, -0.2) is 22.1 Å². The largest absolute Gasteiger partial charge is 0.393 e. The zero-order valence-corrected chi connectivity index (χ0v) is 14.2. The van der Waals surface area contributed by atoms with E-state index in [-0.39, 0.29) is 23.6 Å². The monoisotopic (exact) mass is 361 g/mol. The molecule has 0 radical (unpaired) electrons. The second kappa shape index (κ2) is 6.43. The van der Waals surface area contributed by atoms with E-state index in [0.717, 1.165) is 15.9 Å². The van der Waals surface area contributed by atoms with Gasteiger partial charge in [0.1, 0.15) is 11.9 Å². The predicted octanol–water partition coefficient (Wildman–Crippen LogP) is 2.12. The van der Waals surface area contributed by atoms with Gasteiger partial charge in [0.15, 0.2) is 11.5 Å². The van der Waals surface area contributed by atoms with Crippen LogP contribution in [0.1, 0.15) is 24.1 Å². The van der Waals surface area contributed by atoms with Crippen LogP contribution in [0.4, 0.5) is 10.2 Å². The number of hydrogen-bond donors (Lipinski definition) is 1. The van der Waals surface area contributed by atoms with E-state index in [0.29, 0.717) is 0 Å². The molecule has 1 fully saturated rings. The van der Waals surface area contributed by atoms with E-state index in [1.165, 1.54) is 18.2 Å². The van der Waals surface area contributed by atoms with Crippen LogP contribution in [0.25, 0.3) is 0 Å². The normalized spacial score (nSPS) is 19.8. The average Bonchev–Trinajstić information content (AvgIpc) is 2.54. The molecule has 130 valence electrons. The van der Waals surface area contributed by atoms with Crippen LogP contribution in [0.3, 0.4) is 0 Å². The van der Waals surface area contributed by atoms with Crippen LogP contribution in [0.5, 0.6) is 0 Å². The fourth-order valence-electron chi connectivity index (χ4n) is 2.78. The molecule has 0 unspecified atom stereocenters. The van der Waals surface area contributed by atoms with Gasteiger partial charge in [-0.1, -0.05) is 12.1 Å². The quantitative estimate of drug-likeness (QED) is 0.900. The van der Waals surface area contributed by atoms with Crippen molar-refractivity contribution in [3.63, 3.8) is 0 Å². The lowest BCUT2D eigenvalue weighted by molar-refractivity contribution is 0.0784. The summed E-state index contributed by atoms with van der Waals surface area (Å²) < 4.78 is 40.9. The Bertz CT molecular complexity index is 950. The first-order chi connectivity index (χ1) is 11.8. The molecule has 1 heterocycles. The van der Waals surface area contributed by atoms with Crippen molar-refractivity contribution >= 4 is 15.8 Å². The zero-order chi connectivity index (χ0) is 18.2. The van der Waals surface area contributed by atoms with Crippen LogP contribution in [-0.4, -0.2) is 30.7 Å². The summed E-state index contributed by atoms with van der Waals surface area (Å²) in [6, 6.07) is 9.79. The van der Waals surface area contributed by atoms with Crippen molar-refractivity contribution < 1.29 is 17.9 Å². The Balaban J connectivity index is 2.11. The van der Waals surface area contributed by atoms with Gasteiger partial charge in [-0.05, 0) is 49.6 Å². The number of anilines is 1. The molecule has 1 aliphatic carbocycles. The number of nitrogens with zero attached hydrogens (tertiary/aromatic N) is 3. The van der Waals surface area contributed by atoms with Gasteiger partial charge in [-0.15, -0.1) is 0 Å². The Hall–Kier alpha value is -2.50. The second-order valence-corrected chi connectivity index (χ2v) is 7.82. The number of aliphatic hydroxyl groups excluding tert-OH is 1. The number of aromatic nitrogens is 1. The molecule has 3 rings (SSSR count). The van der Waals surface area contributed by atoms with Gasteiger partial charge >= 0.3 is 0 Å². The summed E-state index contributed by atoms with van der Waals surface area (Å²) in [4.78, 5) is 3.94. The Kier molecular flexibility index (Phi) is 4.45. The minimum atomic E-state index is -3.97. The van der Waals surface area contributed by atoms with Crippen LogP contribution in [0, 0.1) is 24.1 Å². The van der Waals surface area contributed by atoms with Crippen LogP contribution in [-0.2, 0) is 10.0 Å². The maximum atomic E-state index is 13.6. The number of nitriles is 1. The molecule has 2 aromatic rings.